The van der Waals surface area contributed by atoms with Gasteiger partial charge >= 0.3 is 0 Å². The van der Waals surface area contributed by atoms with Crippen LogP contribution in [0.15, 0.2) is 55.1 Å². The number of H-pyrrole nitrogens is 1. The van der Waals surface area contributed by atoms with E-state index in [1.165, 1.54) is 6.33 Å². The third-order valence-electron chi connectivity index (χ3n) is 3.36. The first-order chi connectivity index (χ1) is 10.3. The molecule has 0 aliphatic carbocycles. The van der Waals surface area contributed by atoms with Crippen LogP contribution in [-0.4, -0.2) is 24.7 Å². The standard InChI is InChI=1S/C15H10ClN5/c16-14-13-11(12-6-7-19-20-12)8-21(15(13)18-9-17-14)10-4-2-1-3-5-10/h1-9H,(H,19,20). The number of nitrogens with zero attached hydrogens (tertiary/aromatic N) is 4. The van der Waals surface area contributed by atoms with Crippen LogP contribution in [0.5, 0.6) is 0 Å². The highest BCUT2D eigenvalue weighted by Crippen LogP contribution is 2.33. The number of aromatic nitrogens is 5. The molecule has 0 atom stereocenters. The van der Waals surface area contributed by atoms with Crippen LogP contribution in [-0.2, 0) is 0 Å². The lowest BCUT2D eigenvalue weighted by molar-refractivity contribution is 1.07. The van der Waals surface area contributed by atoms with E-state index in [9.17, 15) is 0 Å². The van der Waals surface area contributed by atoms with Gasteiger partial charge in [-0.2, -0.15) is 5.10 Å². The predicted octanol–water partition coefficient (Wildman–Crippen LogP) is 3.46. The van der Waals surface area contributed by atoms with Crippen molar-refractivity contribution in [3.8, 4) is 16.9 Å². The molecule has 0 aliphatic heterocycles. The average molecular weight is 296 g/mol. The molecule has 0 spiro atoms. The summed E-state index contributed by atoms with van der Waals surface area (Å²) in [6.45, 7) is 0. The van der Waals surface area contributed by atoms with E-state index in [2.05, 4.69) is 20.2 Å². The Bertz CT molecular complexity index is 897. The van der Waals surface area contributed by atoms with Crippen LogP contribution in [0.25, 0.3) is 28.0 Å². The molecular formula is C15H10ClN5. The summed E-state index contributed by atoms with van der Waals surface area (Å²) in [5.41, 5.74) is 3.59. The van der Waals surface area contributed by atoms with E-state index in [-0.39, 0.29) is 0 Å². The van der Waals surface area contributed by atoms with Crippen LogP contribution in [0, 0.1) is 0 Å². The highest BCUT2D eigenvalue weighted by molar-refractivity contribution is 6.35. The second kappa shape index (κ2) is 4.71. The van der Waals surface area contributed by atoms with E-state index in [0.717, 1.165) is 28.0 Å². The van der Waals surface area contributed by atoms with Crippen molar-refractivity contribution in [3.05, 3.63) is 60.3 Å². The number of halogens is 1. The number of hydrogen-bond donors (Lipinski definition) is 1. The van der Waals surface area contributed by atoms with E-state index >= 15 is 0 Å². The molecule has 4 rings (SSSR count). The minimum absolute atomic E-state index is 0.430. The Labute approximate surface area is 125 Å². The summed E-state index contributed by atoms with van der Waals surface area (Å²) in [7, 11) is 0. The Morgan fingerprint density at radius 1 is 1.05 bits per heavy atom. The van der Waals surface area contributed by atoms with Gasteiger partial charge < -0.3 is 4.57 Å². The molecule has 1 N–H and O–H groups in total. The van der Waals surface area contributed by atoms with E-state index in [0.29, 0.717) is 5.15 Å². The highest BCUT2D eigenvalue weighted by atomic mass is 35.5. The minimum Gasteiger partial charge on any atom is -0.300 e. The largest absolute Gasteiger partial charge is 0.300 e. The molecule has 0 fully saturated rings. The van der Waals surface area contributed by atoms with Crippen LogP contribution in [0.3, 0.4) is 0 Å². The molecule has 0 aliphatic rings. The molecule has 5 nitrogen and oxygen atoms in total. The molecule has 4 aromatic rings. The van der Waals surface area contributed by atoms with E-state index < -0.39 is 0 Å². The maximum atomic E-state index is 6.28. The second-order valence-electron chi connectivity index (χ2n) is 4.58. The van der Waals surface area contributed by atoms with E-state index in [1.807, 2.05) is 47.2 Å². The van der Waals surface area contributed by atoms with Crippen LogP contribution in [0.1, 0.15) is 0 Å². The Hall–Kier alpha value is -2.66. The zero-order valence-corrected chi connectivity index (χ0v) is 11.6. The molecule has 102 valence electrons. The van der Waals surface area contributed by atoms with Gasteiger partial charge in [-0.05, 0) is 18.2 Å². The fraction of sp³-hybridized carbons (Fsp3) is 0. The van der Waals surface area contributed by atoms with Gasteiger partial charge in [0.1, 0.15) is 17.1 Å². The zero-order valence-electron chi connectivity index (χ0n) is 10.9. The summed E-state index contributed by atoms with van der Waals surface area (Å²) in [4.78, 5) is 8.47. The number of para-hydroxylation sites is 1. The van der Waals surface area contributed by atoms with Gasteiger partial charge in [-0.25, -0.2) is 9.97 Å². The fourth-order valence-electron chi connectivity index (χ4n) is 2.42. The molecule has 0 saturated heterocycles. The molecule has 0 radical (unpaired) electrons. The summed E-state index contributed by atoms with van der Waals surface area (Å²) in [6.07, 6.45) is 5.17. The lowest BCUT2D eigenvalue weighted by Gasteiger charge is -2.03. The van der Waals surface area contributed by atoms with Crippen molar-refractivity contribution in [2.24, 2.45) is 0 Å². The second-order valence-corrected chi connectivity index (χ2v) is 4.94. The van der Waals surface area contributed by atoms with Crippen LogP contribution in [0.2, 0.25) is 5.15 Å². The van der Waals surface area contributed by atoms with E-state index in [4.69, 9.17) is 11.6 Å². The Morgan fingerprint density at radius 2 is 1.90 bits per heavy atom. The quantitative estimate of drug-likeness (QED) is 0.576. The minimum atomic E-state index is 0.430. The first-order valence-electron chi connectivity index (χ1n) is 6.41. The first-order valence-corrected chi connectivity index (χ1v) is 6.79. The normalized spacial score (nSPS) is 11.1. The topological polar surface area (TPSA) is 59.4 Å². The maximum absolute atomic E-state index is 6.28. The molecule has 0 amide bonds. The number of aromatic amines is 1. The predicted molar refractivity (Wildman–Crippen MR) is 81.5 cm³/mol. The van der Waals surface area contributed by atoms with Gasteiger partial charge in [0, 0.05) is 23.6 Å². The van der Waals surface area contributed by atoms with Crippen molar-refractivity contribution in [3.63, 3.8) is 0 Å². The third kappa shape index (κ3) is 1.90. The number of benzene rings is 1. The van der Waals surface area contributed by atoms with Gasteiger partial charge in [0.2, 0.25) is 0 Å². The van der Waals surface area contributed by atoms with Gasteiger partial charge in [0.25, 0.3) is 0 Å². The van der Waals surface area contributed by atoms with Crippen LogP contribution < -0.4 is 0 Å². The molecule has 0 bridgehead atoms. The van der Waals surface area contributed by atoms with Crippen LogP contribution >= 0.6 is 11.6 Å². The Morgan fingerprint density at radius 3 is 2.67 bits per heavy atom. The number of hydrogen-bond acceptors (Lipinski definition) is 3. The number of nitrogens with one attached hydrogen (secondary N) is 1. The van der Waals surface area contributed by atoms with Gasteiger partial charge in [0.15, 0.2) is 0 Å². The maximum Gasteiger partial charge on any atom is 0.150 e. The highest BCUT2D eigenvalue weighted by Gasteiger charge is 2.16. The fourth-order valence-corrected chi connectivity index (χ4v) is 2.65. The SMILES string of the molecule is Clc1ncnc2c1c(-c1ccn[nH]1)cn2-c1ccccc1. The summed E-state index contributed by atoms with van der Waals surface area (Å²) in [6, 6.07) is 11.9. The van der Waals surface area contributed by atoms with Crippen molar-refractivity contribution in [2.45, 2.75) is 0 Å². The van der Waals surface area contributed by atoms with Crippen molar-refractivity contribution in [1.82, 2.24) is 24.7 Å². The van der Waals surface area contributed by atoms with Crippen molar-refractivity contribution < 1.29 is 0 Å². The summed E-state index contributed by atoms with van der Waals surface area (Å²) < 4.78 is 2.00. The first kappa shape index (κ1) is 12.1. The molecule has 6 heteroatoms. The number of rotatable bonds is 2. The van der Waals surface area contributed by atoms with Gasteiger partial charge in [-0.15, -0.1) is 0 Å². The van der Waals surface area contributed by atoms with Crippen molar-refractivity contribution in [2.75, 3.05) is 0 Å². The zero-order chi connectivity index (χ0) is 14.2. The Kier molecular flexibility index (Phi) is 2.72. The molecule has 1 aromatic carbocycles. The molecular weight excluding hydrogens is 286 g/mol. The molecule has 3 heterocycles. The third-order valence-corrected chi connectivity index (χ3v) is 3.65. The summed E-state index contributed by atoms with van der Waals surface area (Å²) >= 11 is 6.28. The van der Waals surface area contributed by atoms with Gasteiger partial charge in [0.05, 0.1) is 11.1 Å². The molecule has 21 heavy (non-hydrogen) atoms. The van der Waals surface area contributed by atoms with Crippen molar-refractivity contribution >= 4 is 22.6 Å². The Balaban J connectivity index is 2.08. The molecule has 0 saturated carbocycles. The smallest absolute Gasteiger partial charge is 0.150 e. The van der Waals surface area contributed by atoms with Gasteiger partial charge in [-0.1, -0.05) is 29.8 Å². The lowest BCUT2D eigenvalue weighted by Crippen LogP contribution is -1.93. The van der Waals surface area contributed by atoms with E-state index in [1.54, 1.807) is 6.20 Å². The summed E-state index contributed by atoms with van der Waals surface area (Å²) in [5, 5.41) is 8.20. The summed E-state index contributed by atoms with van der Waals surface area (Å²) in [5.74, 6) is 0. The lowest BCUT2D eigenvalue weighted by atomic mass is 10.2. The monoisotopic (exact) mass is 295 g/mol. The van der Waals surface area contributed by atoms with Gasteiger partial charge in [-0.3, -0.25) is 5.10 Å². The average Bonchev–Trinajstić information content (AvgIpc) is 3.16. The van der Waals surface area contributed by atoms with Crippen LogP contribution in [0.4, 0.5) is 0 Å². The number of fused-ring (bicyclic) bond motifs is 1. The molecule has 3 aromatic heterocycles. The van der Waals surface area contributed by atoms with Crippen molar-refractivity contribution in [1.29, 1.82) is 0 Å². The molecule has 0 unspecified atom stereocenters.